The van der Waals surface area contributed by atoms with E-state index in [1.54, 1.807) is 0 Å². The Morgan fingerprint density at radius 1 is 1.38 bits per heavy atom. The van der Waals surface area contributed by atoms with Gasteiger partial charge in [0.25, 0.3) is 0 Å². The van der Waals surface area contributed by atoms with Crippen molar-refractivity contribution >= 4 is 21.9 Å². The summed E-state index contributed by atoms with van der Waals surface area (Å²) in [5.74, 6) is -0.180. The smallest absolute Gasteiger partial charge is 0.320 e. The summed E-state index contributed by atoms with van der Waals surface area (Å²) in [6.45, 7) is 0.733. The summed E-state index contributed by atoms with van der Waals surface area (Å²) in [7, 11) is 3.54. The third-order valence-corrected chi connectivity index (χ3v) is 4.02. The van der Waals surface area contributed by atoms with E-state index in [-0.39, 0.29) is 10.8 Å². The van der Waals surface area contributed by atoms with Crippen molar-refractivity contribution < 1.29 is 9.53 Å². The van der Waals surface area contributed by atoms with E-state index in [0.717, 1.165) is 6.54 Å². The predicted octanol–water partition coefficient (Wildman–Crippen LogP) is 2.58. The van der Waals surface area contributed by atoms with Gasteiger partial charge < -0.3 is 9.64 Å². The minimum absolute atomic E-state index is 0.180. The highest BCUT2D eigenvalue weighted by Crippen LogP contribution is 2.21. The molecular weight excluding hydrogens is 270 g/mol. The number of rotatable bonds is 4. The fraction of sp³-hybridized carbons (Fsp3) is 0.917. The van der Waals surface area contributed by atoms with E-state index in [0.29, 0.717) is 6.04 Å². The number of carbonyl (C=O) groups is 1. The Balaban J connectivity index is 2.37. The van der Waals surface area contributed by atoms with Crippen LogP contribution in [0.2, 0.25) is 0 Å². The van der Waals surface area contributed by atoms with Crippen LogP contribution in [0, 0.1) is 0 Å². The molecule has 0 N–H and O–H groups in total. The Morgan fingerprint density at radius 2 is 1.94 bits per heavy atom. The molecule has 1 unspecified atom stereocenters. The summed E-state index contributed by atoms with van der Waals surface area (Å²) in [5, 5.41) is 0. The SMILES string of the molecule is COC(=O)C(Br)CN(C)C1CCCCCC1. The van der Waals surface area contributed by atoms with Crippen LogP contribution in [0.3, 0.4) is 0 Å². The lowest BCUT2D eigenvalue weighted by Gasteiger charge is -2.28. The zero-order valence-corrected chi connectivity index (χ0v) is 11.8. The molecule has 1 rings (SSSR count). The number of halogens is 1. The van der Waals surface area contributed by atoms with Gasteiger partial charge in [0.1, 0.15) is 4.83 Å². The van der Waals surface area contributed by atoms with Gasteiger partial charge in [0, 0.05) is 12.6 Å². The first-order chi connectivity index (χ1) is 7.65. The van der Waals surface area contributed by atoms with Crippen LogP contribution in [0.25, 0.3) is 0 Å². The lowest BCUT2D eigenvalue weighted by Crippen LogP contribution is -2.38. The average molecular weight is 292 g/mol. The van der Waals surface area contributed by atoms with Crippen molar-refractivity contribution in [3.05, 3.63) is 0 Å². The first-order valence-electron chi connectivity index (χ1n) is 6.07. The highest BCUT2D eigenvalue weighted by Gasteiger charge is 2.22. The van der Waals surface area contributed by atoms with Crippen LogP contribution < -0.4 is 0 Å². The van der Waals surface area contributed by atoms with Gasteiger partial charge in [-0.15, -0.1) is 0 Å². The number of alkyl halides is 1. The number of methoxy groups -OCH3 is 1. The molecule has 0 bridgehead atoms. The number of esters is 1. The Kier molecular flexibility index (Phi) is 6.36. The molecule has 3 nitrogen and oxygen atoms in total. The maximum Gasteiger partial charge on any atom is 0.320 e. The van der Waals surface area contributed by atoms with Gasteiger partial charge in [-0.2, -0.15) is 0 Å². The van der Waals surface area contributed by atoms with Gasteiger partial charge in [-0.1, -0.05) is 41.6 Å². The van der Waals surface area contributed by atoms with Crippen molar-refractivity contribution in [2.75, 3.05) is 20.7 Å². The lowest BCUT2D eigenvalue weighted by atomic mass is 10.1. The molecule has 16 heavy (non-hydrogen) atoms. The molecule has 4 heteroatoms. The molecule has 0 aliphatic heterocycles. The third-order valence-electron chi connectivity index (χ3n) is 3.35. The second-order valence-electron chi connectivity index (χ2n) is 4.58. The van der Waals surface area contributed by atoms with Crippen molar-refractivity contribution in [1.82, 2.24) is 4.90 Å². The summed E-state index contributed by atoms with van der Waals surface area (Å²) < 4.78 is 4.71. The third kappa shape index (κ3) is 4.42. The molecule has 0 saturated heterocycles. The van der Waals surface area contributed by atoms with E-state index in [4.69, 9.17) is 4.74 Å². The molecule has 0 heterocycles. The molecule has 0 aromatic carbocycles. The molecule has 0 aromatic heterocycles. The van der Waals surface area contributed by atoms with Crippen molar-refractivity contribution in [2.24, 2.45) is 0 Å². The molecule has 0 aromatic rings. The predicted molar refractivity (Wildman–Crippen MR) is 68.9 cm³/mol. The molecule has 0 radical (unpaired) electrons. The monoisotopic (exact) mass is 291 g/mol. The number of hydrogen-bond acceptors (Lipinski definition) is 3. The zero-order valence-electron chi connectivity index (χ0n) is 10.2. The maximum absolute atomic E-state index is 11.3. The molecule has 94 valence electrons. The topological polar surface area (TPSA) is 29.5 Å². The second-order valence-corrected chi connectivity index (χ2v) is 5.68. The molecule has 1 fully saturated rings. The van der Waals surface area contributed by atoms with E-state index >= 15 is 0 Å². The first-order valence-corrected chi connectivity index (χ1v) is 6.99. The molecule has 0 spiro atoms. The van der Waals surface area contributed by atoms with Crippen LogP contribution in [0.15, 0.2) is 0 Å². The van der Waals surface area contributed by atoms with Crippen LogP contribution in [0.5, 0.6) is 0 Å². The van der Waals surface area contributed by atoms with E-state index < -0.39 is 0 Å². The van der Waals surface area contributed by atoms with Gasteiger partial charge in [0.2, 0.25) is 0 Å². The lowest BCUT2D eigenvalue weighted by molar-refractivity contribution is -0.140. The van der Waals surface area contributed by atoms with Gasteiger partial charge in [-0.3, -0.25) is 4.79 Å². The largest absolute Gasteiger partial charge is 0.468 e. The number of ether oxygens (including phenoxy) is 1. The van der Waals surface area contributed by atoms with Crippen LogP contribution in [-0.4, -0.2) is 42.4 Å². The average Bonchev–Trinajstić information content (AvgIpc) is 2.56. The second kappa shape index (κ2) is 7.28. The number of nitrogens with zero attached hydrogens (tertiary/aromatic N) is 1. The Hall–Kier alpha value is -0.0900. The first kappa shape index (κ1) is 14.0. The van der Waals surface area contributed by atoms with Gasteiger partial charge in [0.05, 0.1) is 7.11 Å². The van der Waals surface area contributed by atoms with Gasteiger partial charge >= 0.3 is 5.97 Å². The molecule has 1 atom stereocenters. The van der Waals surface area contributed by atoms with E-state index in [1.807, 2.05) is 0 Å². The zero-order chi connectivity index (χ0) is 12.0. The van der Waals surface area contributed by atoms with Crippen molar-refractivity contribution in [3.63, 3.8) is 0 Å². The van der Waals surface area contributed by atoms with Crippen molar-refractivity contribution in [2.45, 2.75) is 49.4 Å². The van der Waals surface area contributed by atoms with Crippen LogP contribution in [-0.2, 0) is 9.53 Å². The number of carbonyl (C=O) groups excluding carboxylic acids is 1. The quantitative estimate of drug-likeness (QED) is 0.453. The summed E-state index contributed by atoms with van der Waals surface area (Å²) in [6, 6.07) is 0.632. The Bertz CT molecular complexity index is 215. The Labute approximate surface area is 107 Å². The molecule has 1 saturated carbocycles. The summed E-state index contributed by atoms with van der Waals surface area (Å²) in [4.78, 5) is 13.4. The molecular formula is C12H22BrNO2. The van der Waals surface area contributed by atoms with Crippen molar-refractivity contribution in [1.29, 1.82) is 0 Å². The molecule has 1 aliphatic rings. The number of hydrogen-bond donors (Lipinski definition) is 0. The molecule has 0 amide bonds. The maximum atomic E-state index is 11.3. The summed E-state index contributed by atoms with van der Waals surface area (Å²) in [6.07, 6.45) is 7.88. The van der Waals surface area contributed by atoms with E-state index in [2.05, 4.69) is 27.9 Å². The fourth-order valence-corrected chi connectivity index (χ4v) is 2.95. The summed E-state index contributed by atoms with van der Waals surface area (Å²) in [5.41, 5.74) is 0. The fourth-order valence-electron chi connectivity index (χ4n) is 2.30. The van der Waals surface area contributed by atoms with E-state index in [9.17, 15) is 4.79 Å². The van der Waals surface area contributed by atoms with E-state index in [1.165, 1.54) is 45.6 Å². The summed E-state index contributed by atoms with van der Waals surface area (Å²) >= 11 is 3.37. The van der Waals surface area contributed by atoms with Crippen LogP contribution in [0.4, 0.5) is 0 Å². The van der Waals surface area contributed by atoms with Gasteiger partial charge in [-0.25, -0.2) is 0 Å². The normalized spacial score (nSPS) is 20.5. The van der Waals surface area contributed by atoms with Gasteiger partial charge in [-0.05, 0) is 19.9 Å². The highest BCUT2D eigenvalue weighted by molar-refractivity contribution is 9.10. The van der Waals surface area contributed by atoms with Gasteiger partial charge in [0.15, 0.2) is 0 Å². The van der Waals surface area contributed by atoms with Crippen molar-refractivity contribution in [3.8, 4) is 0 Å². The van der Waals surface area contributed by atoms with Crippen LogP contribution in [0.1, 0.15) is 38.5 Å². The minimum atomic E-state index is -0.203. The standard InChI is InChI=1S/C12H22BrNO2/c1-14(9-11(13)12(15)16-2)10-7-5-3-4-6-8-10/h10-11H,3-9H2,1-2H3. The minimum Gasteiger partial charge on any atom is -0.468 e. The van der Waals surface area contributed by atoms with Crippen LogP contribution >= 0.6 is 15.9 Å². The molecule has 1 aliphatic carbocycles. The highest BCUT2D eigenvalue weighted by atomic mass is 79.9. The Morgan fingerprint density at radius 3 is 2.44 bits per heavy atom.